The summed E-state index contributed by atoms with van der Waals surface area (Å²) in [7, 11) is 0. The summed E-state index contributed by atoms with van der Waals surface area (Å²) >= 11 is 1.87. The van der Waals surface area contributed by atoms with E-state index in [0.717, 1.165) is 0 Å². The lowest BCUT2D eigenvalue weighted by atomic mass is 10.2. The molecule has 0 N–H and O–H groups in total. The maximum absolute atomic E-state index is 2.48. The molecule has 0 fully saturated rings. The zero-order valence-electron chi connectivity index (χ0n) is 8.62. The van der Waals surface area contributed by atoms with Gasteiger partial charge < -0.3 is 4.90 Å². The van der Waals surface area contributed by atoms with E-state index in [2.05, 4.69) is 36.3 Å². The molecule has 0 saturated heterocycles. The monoisotopic (exact) mass is 197 g/mol. The van der Waals surface area contributed by atoms with Crippen molar-refractivity contribution >= 4 is 11.3 Å². The molecule has 0 radical (unpaired) electrons. The van der Waals surface area contributed by atoms with E-state index in [4.69, 9.17) is 0 Å². The van der Waals surface area contributed by atoms with Gasteiger partial charge in [0.2, 0.25) is 0 Å². The van der Waals surface area contributed by atoms with Crippen LogP contribution in [-0.4, -0.2) is 24.5 Å². The summed E-state index contributed by atoms with van der Waals surface area (Å²) in [5.74, 6) is 0. The Balaban J connectivity index is 2.13. The highest BCUT2D eigenvalue weighted by Gasteiger charge is 1.99. The maximum atomic E-state index is 2.48. The normalized spacial score (nSPS) is 11.0. The fourth-order valence-electron chi connectivity index (χ4n) is 1.47. The second-order valence-electron chi connectivity index (χ2n) is 3.21. The molecule has 1 rings (SSSR count). The van der Waals surface area contributed by atoms with E-state index < -0.39 is 0 Å². The van der Waals surface area contributed by atoms with Gasteiger partial charge in [0.15, 0.2) is 0 Å². The molecular formula is C11H19NS. The third-order valence-corrected chi connectivity index (χ3v) is 3.31. The lowest BCUT2D eigenvalue weighted by Gasteiger charge is -2.17. The molecule has 0 bridgehead atoms. The van der Waals surface area contributed by atoms with Crippen LogP contribution < -0.4 is 0 Å². The highest BCUT2D eigenvalue weighted by molar-refractivity contribution is 7.09. The van der Waals surface area contributed by atoms with Crippen molar-refractivity contribution in [1.29, 1.82) is 0 Å². The largest absolute Gasteiger partial charge is 0.304 e. The van der Waals surface area contributed by atoms with Crippen molar-refractivity contribution in [2.75, 3.05) is 19.6 Å². The van der Waals surface area contributed by atoms with E-state index in [0.29, 0.717) is 0 Å². The lowest BCUT2D eigenvalue weighted by molar-refractivity contribution is 0.300. The number of hydrogen-bond donors (Lipinski definition) is 0. The van der Waals surface area contributed by atoms with Crippen LogP contribution in [0.2, 0.25) is 0 Å². The average Bonchev–Trinajstić information content (AvgIpc) is 2.65. The Morgan fingerprint density at radius 2 is 2.08 bits per heavy atom. The van der Waals surface area contributed by atoms with Crippen LogP contribution >= 0.6 is 11.3 Å². The van der Waals surface area contributed by atoms with Crippen LogP contribution in [0.3, 0.4) is 0 Å². The lowest BCUT2D eigenvalue weighted by Crippen LogP contribution is -2.24. The Labute approximate surface area is 85.4 Å². The highest BCUT2D eigenvalue weighted by Crippen LogP contribution is 2.10. The van der Waals surface area contributed by atoms with Gasteiger partial charge in [-0.2, -0.15) is 0 Å². The maximum Gasteiger partial charge on any atom is 0.00457 e. The van der Waals surface area contributed by atoms with Gasteiger partial charge in [0.05, 0.1) is 0 Å². The Morgan fingerprint density at radius 1 is 1.31 bits per heavy atom. The minimum absolute atomic E-state index is 1.18. The van der Waals surface area contributed by atoms with Gasteiger partial charge in [0.25, 0.3) is 0 Å². The van der Waals surface area contributed by atoms with E-state index in [1.54, 1.807) is 0 Å². The van der Waals surface area contributed by atoms with Crippen LogP contribution in [0.15, 0.2) is 17.5 Å². The van der Waals surface area contributed by atoms with Crippen molar-refractivity contribution in [3.05, 3.63) is 22.4 Å². The average molecular weight is 197 g/mol. The predicted octanol–water partition coefficient (Wildman–Crippen LogP) is 3.02. The fraction of sp³-hybridized carbons (Fsp3) is 0.636. The van der Waals surface area contributed by atoms with E-state index >= 15 is 0 Å². The predicted molar refractivity (Wildman–Crippen MR) is 60.4 cm³/mol. The first-order chi connectivity index (χ1) is 6.36. The molecular weight excluding hydrogens is 178 g/mol. The van der Waals surface area contributed by atoms with E-state index in [1.165, 1.54) is 37.4 Å². The van der Waals surface area contributed by atoms with Gasteiger partial charge in [0.1, 0.15) is 0 Å². The third kappa shape index (κ3) is 3.92. The van der Waals surface area contributed by atoms with Crippen molar-refractivity contribution in [3.63, 3.8) is 0 Å². The molecule has 13 heavy (non-hydrogen) atoms. The summed E-state index contributed by atoms with van der Waals surface area (Å²) in [4.78, 5) is 4.00. The topological polar surface area (TPSA) is 3.24 Å². The van der Waals surface area contributed by atoms with Gasteiger partial charge in [0, 0.05) is 4.88 Å². The van der Waals surface area contributed by atoms with Crippen molar-refractivity contribution in [2.45, 2.75) is 26.7 Å². The molecule has 0 unspecified atom stereocenters. The Morgan fingerprint density at radius 3 is 2.62 bits per heavy atom. The minimum Gasteiger partial charge on any atom is -0.304 e. The molecule has 0 aliphatic carbocycles. The molecule has 1 aromatic rings. The van der Waals surface area contributed by atoms with Gasteiger partial charge in [-0.25, -0.2) is 0 Å². The first kappa shape index (κ1) is 10.7. The van der Waals surface area contributed by atoms with Crippen molar-refractivity contribution in [3.8, 4) is 0 Å². The van der Waals surface area contributed by atoms with Crippen molar-refractivity contribution in [2.24, 2.45) is 0 Å². The van der Waals surface area contributed by atoms with Gasteiger partial charge >= 0.3 is 0 Å². The highest BCUT2D eigenvalue weighted by atomic mass is 32.1. The summed E-state index contributed by atoms with van der Waals surface area (Å²) < 4.78 is 0. The van der Waals surface area contributed by atoms with Crippen molar-refractivity contribution in [1.82, 2.24) is 4.90 Å². The van der Waals surface area contributed by atoms with Crippen LogP contribution in [0.25, 0.3) is 0 Å². The van der Waals surface area contributed by atoms with Crippen LogP contribution in [0, 0.1) is 0 Å². The summed E-state index contributed by atoms with van der Waals surface area (Å²) in [6, 6.07) is 4.37. The van der Waals surface area contributed by atoms with Gasteiger partial charge in [-0.05, 0) is 43.9 Å². The second-order valence-corrected chi connectivity index (χ2v) is 4.24. The molecule has 0 aromatic carbocycles. The summed E-state index contributed by atoms with van der Waals surface area (Å²) in [5.41, 5.74) is 0. The van der Waals surface area contributed by atoms with E-state index in [-0.39, 0.29) is 0 Å². The zero-order chi connectivity index (χ0) is 9.52. The molecule has 74 valence electrons. The Hall–Kier alpha value is -0.340. The van der Waals surface area contributed by atoms with Gasteiger partial charge in [-0.15, -0.1) is 11.3 Å². The number of hydrogen-bond acceptors (Lipinski definition) is 2. The first-order valence-electron chi connectivity index (χ1n) is 5.11. The molecule has 0 spiro atoms. The second kappa shape index (κ2) is 6.17. The Kier molecular flexibility index (Phi) is 5.09. The quantitative estimate of drug-likeness (QED) is 0.677. The Bertz CT molecular complexity index is 202. The molecule has 0 aliphatic heterocycles. The standard InChI is InChI=1S/C11H19NS/c1-3-12(4-2)9-5-7-11-8-6-10-13-11/h6,8,10H,3-5,7,9H2,1-2H3. The molecule has 1 aromatic heterocycles. The van der Waals surface area contributed by atoms with Crippen LogP contribution in [0.5, 0.6) is 0 Å². The third-order valence-electron chi connectivity index (χ3n) is 2.37. The fourth-order valence-corrected chi connectivity index (χ4v) is 2.22. The minimum atomic E-state index is 1.18. The molecule has 1 heterocycles. The summed E-state index contributed by atoms with van der Waals surface area (Å²) in [6.45, 7) is 8.07. The van der Waals surface area contributed by atoms with E-state index in [1.807, 2.05) is 11.3 Å². The number of aryl methyl sites for hydroxylation is 1. The number of thiophene rings is 1. The van der Waals surface area contributed by atoms with Gasteiger partial charge in [-0.3, -0.25) is 0 Å². The van der Waals surface area contributed by atoms with Crippen LogP contribution in [-0.2, 0) is 6.42 Å². The van der Waals surface area contributed by atoms with Crippen molar-refractivity contribution < 1.29 is 0 Å². The SMILES string of the molecule is CCN(CC)CCCc1cccs1. The summed E-state index contributed by atoms with van der Waals surface area (Å²) in [5, 5.41) is 2.16. The molecule has 0 atom stereocenters. The molecule has 0 saturated carbocycles. The molecule has 0 amide bonds. The molecule has 2 heteroatoms. The van der Waals surface area contributed by atoms with Gasteiger partial charge in [-0.1, -0.05) is 19.9 Å². The summed E-state index contributed by atoms with van der Waals surface area (Å²) in [6.07, 6.45) is 2.54. The van der Waals surface area contributed by atoms with Crippen LogP contribution in [0.1, 0.15) is 25.1 Å². The zero-order valence-corrected chi connectivity index (χ0v) is 9.44. The van der Waals surface area contributed by atoms with Crippen LogP contribution in [0.4, 0.5) is 0 Å². The molecule has 0 aliphatic rings. The first-order valence-corrected chi connectivity index (χ1v) is 5.99. The smallest absolute Gasteiger partial charge is 0.00457 e. The molecule has 1 nitrogen and oxygen atoms in total. The van der Waals surface area contributed by atoms with E-state index in [9.17, 15) is 0 Å². The number of nitrogens with zero attached hydrogens (tertiary/aromatic N) is 1. The number of rotatable bonds is 6.